The van der Waals surface area contributed by atoms with Gasteiger partial charge in [-0.1, -0.05) is 39.2 Å². The minimum absolute atomic E-state index is 0.422. The molecule has 0 bridgehead atoms. The van der Waals surface area contributed by atoms with E-state index in [0.29, 0.717) is 6.42 Å². The van der Waals surface area contributed by atoms with Crippen LogP contribution in [0.1, 0.15) is 39.0 Å². The Labute approximate surface area is 103 Å². The summed E-state index contributed by atoms with van der Waals surface area (Å²) in [5.41, 5.74) is 0. The lowest BCUT2D eigenvalue weighted by molar-refractivity contribution is -0.117. The predicted molar refractivity (Wildman–Crippen MR) is 67.3 cm³/mol. The monoisotopic (exact) mass is 263 g/mol. The maximum absolute atomic E-state index is 11.1. The van der Waals surface area contributed by atoms with Crippen molar-refractivity contribution in [1.29, 1.82) is 0 Å². The van der Waals surface area contributed by atoms with Crippen molar-refractivity contribution in [2.45, 2.75) is 45.1 Å². The molecule has 6 heteroatoms. The lowest BCUT2D eigenvalue weighted by Crippen LogP contribution is -2.38. The Bertz CT molecular complexity index is 337. The number of unbranched alkanes of at least 4 members (excludes halogenated alkanes) is 3. The van der Waals surface area contributed by atoms with Gasteiger partial charge in [0, 0.05) is 6.04 Å². The first-order chi connectivity index (χ1) is 7.89. The zero-order valence-corrected chi connectivity index (χ0v) is 11.0. The van der Waals surface area contributed by atoms with Gasteiger partial charge in [-0.3, -0.25) is 9.35 Å². The van der Waals surface area contributed by atoms with Crippen molar-refractivity contribution in [3.63, 3.8) is 0 Å². The SMILES string of the molecule is C=CC(=O)NC(CCCCCC)CS(=O)(=O)O. The van der Waals surface area contributed by atoms with Gasteiger partial charge < -0.3 is 5.32 Å². The summed E-state index contributed by atoms with van der Waals surface area (Å²) in [4.78, 5) is 11.1. The number of hydrogen-bond donors (Lipinski definition) is 2. The highest BCUT2D eigenvalue weighted by Gasteiger charge is 2.17. The molecule has 0 fully saturated rings. The van der Waals surface area contributed by atoms with Crippen LogP contribution in [0.5, 0.6) is 0 Å². The third-order valence-corrected chi connectivity index (χ3v) is 3.17. The number of carbonyl (C=O) groups excluding carboxylic acids is 1. The van der Waals surface area contributed by atoms with E-state index in [1.165, 1.54) is 0 Å². The van der Waals surface area contributed by atoms with Crippen LogP contribution in [0.25, 0.3) is 0 Å². The number of amides is 1. The Hall–Kier alpha value is -0.880. The normalized spacial score (nSPS) is 13.1. The lowest BCUT2D eigenvalue weighted by atomic mass is 10.1. The molecule has 0 saturated carbocycles. The average molecular weight is 263 g/mol. The number of rotatable bonds is 9. The molecule has 0 heterocycles. The van der Waals surface area contributed by atoms with Crippen LogP contribution in [0, 0.1) is 0 Å². The lowest BCUT2D eigenvalue weighted by Gasteiger charge is -2.16. The van der Waals surface area contributed by atoms with Crippen LogP contribution in [0.4, 0.5) is 0 Å². The van der Waals surface area contributed by atoms with E-state index in [2.05, 4.69) is 18.8 Å². The molecule has 0 spiro atoms. The van der Waals surface area contributed by atoms with E-state index in [1.807, 2.05) is 0 Å². The summed E-state index contributed by atoms with van der Waals surface area (Å²) < 4.78 is 30.3. The van der Waals surface area contributed by atoms with E-state index < -0.39 is 27.8 Å². The van der Waals surface area contributed by atoms with E-state index in [0.717, 1.165) is 31.8 Å². The van der Waals surface area contributed by atoms with Gasteiger partial charge in [-0.05, 0) is 12.5 Å². The van der Waals surface area contributed by atoms with Crippen molar-refractivity contribution in [1.82, 2.24) is 5.32 Å². The highest BCUT2D eigenvalue weighted by atomic mass is 32.2. The summed E-state index contributed by atoms with van der Waals surface area (Å²) in [5, 5.41) is 2.50. The van der Waals surface area contributed by atoms with Gasteiger partial charge in [0.05, 0.1) is 5.75 Å². The number of carbonyl (C=O) groups is 1. The average Bonchev–Trinajstić information content (AvgIpc) is 2.21. The van der Waals surface area contributed by atoms with Gasteiger partial charge >= 0.3 is 0 Å². The molecular formula is C11H21NO4S. The second-order valence-corrected chi connectivity index (χ2v) is 5.50. The standard InChI is InChI=1S/C11H21NO4S/c1-3-5-6-7-8-10(9-17(14,15)16)12-11(13)4-2/h4,10H,2-3,5-9H2,1H3,(H,12,13)(H,14,15,16). The van der Waals surface area contributed by atoms with Crippen LogP contribution in [0.15, 0.2) is 12.7 Å². The van der Waals surface area contributed by atoms with E-state index in [-0.39, 0.29) is 0 Å². The van der Waals surface area contributed by atoms with Crippen LogP contribution in [0.3, 0.4) is 0 Å². The zero-order chi connectivity index (χ0) is 13.3. The summed E-state index contributed by atoms with van der Waals surface area (Å²) in [6.07, 6.45) is 5.60. The maximum Gasteiger partial charge on any atom is 0.266 e. The second-order valence-electron chi connectivity index (χ2n) is 4.01. The van der Waals surface area contributed by atoms with Gasteiger partial charge in [-0.15, -0.1) is 0 Å². The van der Waals surface area contributed by atoms with Gasteiger partial charge in [0.15, 0.2) is 0 Å². The molecule has 2 N–H and O–H groups in total. The summed E-state index contributed by atoms with van der Waals surface area (Å²) >= 11 is 0. The Morgan fingerprint density at radius 3 is 2.53 bits per heavy atom. The van der Waals surface area contributed by atoms with E-state index in [9.17, 15) is 13.2 Å². The smallest absolute Gasteiger partial charge is 0.266 e. The molecule has 0 aromatic rings. The fourth-order valence-corrected chi connectivity index (χ4v) is 2.29. The number of hydrogen-bond acceptors (Lipinski definition) is 3. The van der Waals surface area contributed by atoms with Crippen LogP contribution in [0.2, 0.25) is 0 Å². The fourth-order valence-electron chi connectivity index (χ4n) is 1.53. The molecular weight excluding hydrogens is 242 g/mol. The Morgan fingerprint density at radius 1 is 1.41 bits per heavy atom. The Morgan fingerprint density at radius 2 is 2.06 bits per heavy atom. The minimum Gasteiger partial charge on any atom is -0.349 e. The van der Waals surface area contributed by atoms with Crippen molar-refractivity contribution in [2.75, 3.05) is 5.75 Å². The second kappa shape index (κ2) is 8.25. The summed E-state index contributed by atoms with van der Waals surface area (Å²) in [6.45, 7) is 5.37. The van der Waals surface area contributed by atoms with Gasteiger partial charge in [0.25, 0.3) is 10.1 Å². The summed E-state index contributed by atoms with van der Waals surface area (Å²) in [7, 11) is -4.07. The molecule has 17 heavy (non-hydrogen) atoms. The molecule has 100 valence electrons. The minimum atomic E-state index is -4.07. The molecule has 5 nitrogen and oxygen atoms in total. The van der Waals surface area contributed by atoms with Crippen LogP contribution < -0.4 is 5.32 Å². The molecule has 0 saturated heterocycles. The molecule has 0 radical (unpaired) electrons. The third kappa shape index (κ3) is 10.0. The first-order valence-corrected chi connectivity index (χ1v) is 7.38. The fraction of sp³-hybridized carbons (Fsp3) is 0.727. The molecule has 0 aliphatic heterocycles. The van der Waals surface area contributed by atoms with E-state index in [1.54, 1.807) is 0 Å². The van der Waals surface area contributed by atoms with Crippen LogP contribution in [-0.2, 0) is 14.9 Å². The number of nitrogens with one attached hydrogen (secondary N) is 1. The van der Waals surface area contributed by atoms with Crippen molar-refractivity contribution < 1.29 is 17.8 Å². The predicted octanol–water partition coefficient (Wildman–Crippen LogP) is 1.52. The van der Waals surface area contributed by atoms with Crippen LogP contribution >= 0.6 is 0 Å². The maximum atomic E-state index is 11.1. The van der Waals surface area contributed by atoms with Crippen molar-refractivity contribution in [3.05, 3.63) is 12.7 Å². The van der Waals surface area contributed by atoms with Gasteiger partial charge in [0.1, 0.15) is 0 Å². The topological polar surface area (TPSA) is 83.5 Å². The summed E-state index contributed by atoms with van der Waals surface area (Å²) in [5.74, 6) is -0.868. The van der Waals surface area contributed by atoms with Gasteiger partial charge in [0.2, 0.25) is 5.91 Å². The Kier molecular flexibility index (Phi) is 7.82. The third-order valence-electron chi connectivity index (χ3n) is 2.35. The first-order valence-electron chi connectivity index (χ1n) is 5.77. The highest BCUT2D eigenvalue weighted by molar-refractivity contribution is 7.85. The molecule has 0 aromatic carbocycles. The van der Waals surface area contributed by atoms with E-state index >= 15 is 0 Å². The quantitative estimate of drug-likeness (QED) is 0.375. The molecule has 0 aliphatic rings. The first kappa shape index (κ1) is 16.1. The highest BCUT2D eigenvalue weighted by Crippen LogP contribution is 2.07. The van der Waals surface area contributed by atoms with Gasteiger partial charge in [-0.2, -0.15) is 8.42 Å². The van der Waals surface area contributed by atoms with Gasteiger partial charge in [-0.25, -0.2) is 0 Å². The molecule has 1 amide bonds. The van der Waals surface area contributed by atoms with Crippen molar-refractivity contribution in [3.8, 4) is 0 Å². The molecule has 0 rings (SSSR count). The molecule has 1 unspecified atom stereocenters. The summed E-state index contributed by atoms with van der Waals surface area (Å²) in [6, 6.07) is -0.549. The molecule has 0 aliphatic carbocycles. The van der Waals surface area contributed by atoms with Crippen molar-refractivity contribution in [2.24, 2.45) is 0 Å². The molecule has 0 aromatic heterocycles. The molecule has 1 atom stereocenters. The van der Waals surface area contributed by atoms with Crippen molar-refractivity contribution >= 4 is 16.0 Å². The zero-order valence-electron chi connectivity index (χ0n) is 10.2. The van der Waals surface area contributed by atoms with E-state index in [4.69, 9.17) is 4.55 Å². The Balaban J connectivity index is 4.20. The van der Waals surface area contributed by atoms with Crippen LogP contribution in [-0.4, -0.2) is 30.7 Å². The largest absolute Gasteiger partial charge is 0.349 e.